The molecule has 2 N–H and O–H groups in total. The van der Waals surface area contributed by atoms with Crippen molar-refractivity contribution in [2.24, 2.45) is 5.92 Å². The van der Waals surface area contributed by atoms with Crippen molar-refractivity contribution in [3.8, 4) is 5.75 Å². The largest absolute Gasteiger partial charge is 0.490 e. The van der Waals surface area contributed by atoms with E-state index < -0.39 is 43.9 Å². The monoisotopic (exact) mass is 711 g/mol. The highest BCUT2D eigenvalue weighted by atomic mass is 32.2. The number of hydrogen-bond donors (Lipinski definition) is 2. The maximum absolute atomic E-state index is 14.3. The molecule has 2 aromatic carbocycles. The number of aliphatic hydroxyl groups is 1. The Balaban J connectivity index is 1.68. The summed E-state index contributed by atoms with van der Waals surface area (Å²) in [4.78, 5) is 15.6. The van der Waals surface area contributed by atoms with Gasteiger partial charge in [-0.1, -0.05) is 13.0 Å². The summed E-state index contributed by atoms with van der Waals surface area (Å²) in [5.74, 6) is -1.22. The summed E-state index contributed by atoms with van der Waals surface area (Å²) in [6.07, 6.45) is 1.20. The number of nitrogens with zero attached hydrogens (tertiary/aromatic N) is 2. The van der Waals surface area contributed by atoms with Gasteiger partial charge in [-0.05, 0) is 87.0 Å². The molecule has 1 aliphatic heterocycles. The van der Waals surface area contributed by atoms with Gasteiger partial charge in [-0.3, -0.25) is 9.52 Å². The molecule has 0 saturated heterocycles. The van der Waals surface area contributed by atoms with Gasteiger partial charge in [0.15, 0.2) is 0 Å². The molecule has 1 aliphatic rings. The Morgan fingerprint density at radius 3 is 2.49 bits per heavy atom. The van der Waals surface area contributed by atoms with Gasteiger partial charge in [0.1, 0.15) is 15.8 Å². The Bertz CT molecular complexity index is 1700. The maximum Gasteiger partial charge on any atom is 0.261 e. The van der Waals surface area contributed by atoms with Crippen LogP contribution in [-0.2, 0) is 24.8 Å². The van der Waals surface area contributed by atoms with Crippen LogP contribution in [0.3, 0.4) is 0 Å². The van der Waals surface area contributed by atoms with Gasteiger partial charge < -0.3 is 19.5 Å². The van der Waals surface area contributed by atoms with Gasteiger partial charge >= 0.3 is 0 Å². The van der Waals surface area contributed by atoms with E-state index in [-0.39, 0.29) is 57.8 Å². The molecule has 11 nitrogen and oxygen atoms in total. The highest BCUT2D eigenvalue weighted by Crippen LogP contribution is 2.30. The lowest BCUT2D eigenvalue weighted by Crippen LogP contribution is -2.48. The molecule has 3 aromatic rings. The fourth-order valence-corrected chi connectivity index (χ4v) is 8.63. The second-order valence-electron chi connectivity index (χ2n) is 11.8. The molecule has 258 valence electrons. The molecule has 0 radical (unpaired) electrons. The average molecular weight is 712 g/mol. The van der Waals surface area contributed by atoms with E-state index in [1.165, 1.54) is 34.5 Å². The van der Waals surface area contributed by atoms with Crippen molar-refractivity contribution in [2.75, 3.05) is 38.1 Å². The van der Waals surface area contributed by atoms with Crippen molar-refractivity contribution in [3.63, 3.8) is 0 Å². The number of aliphatic hydroxyl groups excluding tert-OH is 1. The maximum atomic E-state index is 14.3. The highest BCUT2D eigenvalue weighted by Gasteiger charge is 2.33. The van der Waals surface area contributed by atoms with E-state index in [9.17, 15) is 31.1 Å². The first-order chi connectivity index (χ1) is 22.2. The first-order valence-corrected chi connectivity index (χ1v) is 19.2. The molecule has 4 rings (SSSR count). The number of carbonyl (C=O) groups excluding carboxylic acids is 1. The van der Waals surface area contributed by atoms with Crippen molar-refractivity contribution < 1.29 is 40.6 Å². The van der Waals surface area contributed by atoms with Crippen LogP contribution in [0.15, 0.2) is 69.1 Å². The van der Waals surface area contributed by atoms with E-state index >= 15 is 0 Å². The van der Waals surface area contributed by atoms with Gasteiger partial charge in [0.05, 0.1) is 35.3 Å². The van der Waals surface area contributed by atoms with Crippen LogP contribution in [0.25, 0.3) is 0 Å². The predicted octanol–water partition coefficient (Wildman–Crippen LogP) is 4.80. The minimum absolute atomic E-state index is 0.0440. The van der Waals surface area contributed by atoms with Crippen LogP contribution in [0.1, 0.15) is 50.4 Å². The number of benzene rings is 2. The lowest BCUT2D eigenvalue weighted by molar-refractivity contribution is -0.00832. The SMILES string of the molecule is C[C@@H]1CCCCO[C@H](CN(C)S(=O)(=O)c2cccs2)[C@@H](C)CN([C@@H](C)CO)C(=O)c2cc(NS(=O)(=O)c3ccc(F)cc3)ccc2O1. The summed E-state index contributed by atoms with van der Waals surface area (Å²) in [5.41, 5.74) is 0.167. The molecule has 4 atom stereocenters. The molecule has 47 heavy (non-hydrogen) atoms. The van der Waals surface area contributed by atoms with Gasteiger partial charge in [0.25, 0.3) is 26.0 Å². The summed E-state index contributed by atoms with van der Waals surface area (Å²) in [5, 5.41) is 11.9. The topological polar surface area (TPSA) is 143 Å². The molecule has 0 spiro atoms. The zero-order valence-corrected chi connectivity index (χ0v) is 29.3. The van der Waals surface area contributed by atoms with E-state index in [0.717, 1.165) is 42.0 Å². The van der Waals surface area contributed by atoms with E-state index in [1.54, 1.807) is 24.4 Å². The van der Waals surface area contributed by atoms with Crippen LogP contribution in [0.2, 0.25) is 0 Å². The summed E-state index contributed by atoms with van der Waals surface area (Å²) >= 11 is 1.13. The average Bonchev–Trinajstić information content (AvgIpc) is 3.59. The zero-order valence-electron chi connectivity index (χ0n) is 26.8. The number of thiophene rings is 1. The molecule has 0 bridgehead atoms. The van der Waals surface area contributed by atoms with Crippen LogP contribution in [0.4, 0.5) is 10.1 Å². The normalized spacial score (nSPS) is 21.0. The molecule has 0 unspecified atom stereocenters. The molecule has 2 heterocycles. The highest BCUT2D eigenvalue weighted by molar-refractivity contribution is 7.92. The molecular weight excluding hydrogens is 670 g/mol. The Morgan fingerprint density at radius 2 is 1.83 bits per heavy atom. The number of hydrogen-bond acceptors (Lipinski definition) is 9. The number of sulfonamides is 2. The van der Waals surface area contributed by atoms with Crippen molar-refractivity contribution in [1.29, 1.82) is 0 Å². The summed E-state index contributed by atoms with van der Waals surface area (Å²) in [6.45, 7) is 5.57. The summed E-state index contributed by atoms with van der Waals surface area (Å²) in [6, 6.07) is 11.3. The number of halogens is 1. The van der Waals surface area contributed by atoms with E-state index in [1.807, 2.05) is 13.8 Å². The third-order valence-corrected chi connectivity index (χ3v) is 12.6. The van der Waals surface area contributed by atoms with Crippen molar-refractivity contribution >= 4 is 43.0 Å². The second-order valence-corrected chi connectivity index (χ2v) is 16.7. The molecule has 0 aliphatic carbocycles. The van der Waals surface area contributed by atoms with Crippen molar-refractivity contribution in [1.82, 2.24) is 9.21 Å². The Hall–Kier alpha value is -3.08. The number of amides is 1. The Morgan fingerprint density at radius 1 is 1.11 bits per heavy atom. The van der Waals surface area contributed by atoms with Crippen LogP contribution < -0.4 is 9.46 Å². The van der Waals surface area contributed by atoms with Gasteiger partial charge in [0.2, 0.25) is 0 Å². The Kier molecular flexibility index (Phi) is 12.4. The van der Waals surface area contributed by atoms with E-state index in [0.29, 0.717) is 19.4 Å². The minimum atomic E-state index is -4.12. The Labute approximate surface area is 280 Å². The number of likely N-dealkylation sites (N-methyl/N-ethyl adjacent to an activating group) is 1. The molecule has 0 fully saturated rings. The molecule has 0 saturated carbocycles. The minimum Gasteiger partial charge on any atom is -0.490 e. The molecular formula is C32H42FN3O8S3. The number of nitrogens with one attached hydrogen (secondary N) is 1. The quantitative estimate of drug-likeness (QED) is 0.322. The lowest BCUT2D eigenvalue weighted by atomic mass is 10.0. The first-order valence-electron chi connectivity index (χ1n) is 15.3. The number of carbonyl (C=O) groups is 1. The van der Waals surface area contributed by atoms with Crippen LogP contribution in [-0.4, -0.2) is 88.7 Å². The van der Waals surface area contributed by atoms with Crippen molar-refractivity contribution in [3.05, 3.63) is 71.4 Å². The first kappa shape index (κ1) is 36.8. The lowest BCUT2D eigenvalue weighted by Gasteiger charge is -2.35. The summed E-state index contributed by atoms with van der Waals surface area (Å²) < 4.78 is 82.4. The smallest absolute Gasteiger partial charge is 0.261 e. The number of anilines is 1. The number of rotatable bonds is 9. The third kappa shape index (κ3) is 9.30. The van der Waals surface area contributed by atoms with Crippen molar-refractivity contribution in [2.45, 2.75) is 67.4 Å². The number of fused-ring (bicyclic) bond motifs is 1. The fraction of sp³-hybridized carbons (Fsp3) is 0.469. The summed E-state index contributed by atoms with van der Waals surface area (Å²) in [7, 11) is -6.37. The van der Waals surface area contributed by atoms with Gasteiger partial charge in [-0.25, -0.2) is 21.2 Å². The van der Waals surface area contributed by atoms with E-state index in [2.05, 4.69) is 4.72 Å². The van der Waals surface area contributed by atoms with Gasteiger partial charge in [0, 0.05) is 38.3 Å². The zero-order chi connectivity index (χ0) is 34.4. The van der Waals surface area contributed by atoms with Crippen LogP contribution >= 0.6 is 11.3 Å². The van der Waals surface area contributed by atoms with E-state index in [4.69, 9.17) is 9.47 Å². The van der Waals surface area contributed by atoms with Gasteiger partial charge in [-0.2, -0.15) is 4.31 Å². The predicted molar refractivity (Wildman–Crippen MR) is 178 cm³/mol. The van der Waals surface area contributed by atoms with Gasteiger partial charge in [-0.15, -0.1) is 11.3 Å². The standard InChI is InChI=1S/C32H42FN3O8S3/c1-22-19-36(23(2)21-37)32(38)28-18-26(34-46(39,40)27-13-10-25(33)11-14-27)12-15-29(28)44-24(3)8-5-6-16-43-30(22)20-35(4)47(41,42)31-9-7-17-45-31/h7,9-15,17-18,22-24,30,34,37H,5-6,8,16,19-21H2,1-4H3/t22-,23-,24+,30+/m0/s1. The molecule has 1 amide bonds. The number of ether oxygens (including phenoxy) is 2. The second kappa shape index (κ2) is 15.9. The van der Waals surface area contributed by atoms with Crippen LogP contribution in [0, 0.1) is 11.7 Å². The molecule has 1 aromatic heterocycles. The third-order valence-electron chi connectivity index (χ3n) is 8.02. The van der Waals surface area contributed by atoms with Crippen LogP contribution in [0.5, 0.6) is 5.75 Å². The molecule has 15 heteroatoms. The fourth-order valence-electron chi connectivity index (χ4n) is 5.19.